The van der Waals surface area contributed by atoms with E-state index in [1.165, 1.54) is 49.0 Å². The summed E-state index contributed by atoms with van der Waals surface area (Å²) in [6.07, 6.45) is 6.51. The van der Waals surface area contributed by atoms with Gasteiger partial charge in [-0.3, -0.25) is 5.43 Å². The van der Waals surface area contributed by atoms with Crippen molar-refractivity contribution in [1.29, 1.82) is 0 Å². The molecule has 1 saturated carbocycles. The molecular formula is C24H25N4O3S-. The number of thiazole rings is 1. The number of anilines is 2. The fourth-order valence-corrected chi connectivity index (χ4v) is 4.71. The van der Waals surface area contributed by atoms with Crippen LogP contribution in [0.15, 0.2) is 59.0 Å². The summed E-state index contributed by atoms with van der Waals surface area (Å²) in [7, 11) is 0. The van der Waals surface area contributed by atoms with Gasteiger partial charge in [0.15, 0.2) is 0 Å². The lowest BCUT2D eigenvalue weighted by molar-refractivity contribution is -0.129. The van der Waals surface area contributed by atoms with Crippen LogP contribution in [0.5, 0.6) is 0 Å². The number of hydrogen-bond donors (Lipinski definition) is 3. The van der Waals surface area contributed by atoms with Crippen molar-refractivity contribution in [2.75, 3.05) is 10.9 Å². The van der Waals surface area contributed by atoms with Gasteiger partial charge < -0.3 is 15.8 Å². The fraction of sp³-hybridized carbons (Fsp3) is 0.292. The number of hydrogen-bond acceptors (Lipinski definition) is 7. The van der Waals surface area contributed by atoms with Crippen molar-refractivity contribution in [1.82, 2.24) is 4.98 Å². The maximum atomic E-state index is 11.6. The number of aromatic nitrogens is 1. The Hall–Kier alpha value is -3.23. The highest BCUT2D eigenvalue weighted by Gasteiger charge is 2.16. The van der Waals surface area contributed by atoms with Crippen molar-refractivity contribution in [3.63, 3.8) is 0 Å². The molecule has 32 heavy (non-hydrogen) atoms. The molecule has 0 saturated heterocycles. The lowest BCUT2D eigenvalue weighted by Crippen LogP contribution is -2.18. The Morgan fingerprint density at radius 3 is 2.59 bits per heavy atom. The predicted molar refractivity (Wildman–Crippen MR) is 129 cm³/mol. The topological polar surface area (TPSA) is 110 Å². The number of benzene rings is 2. The summed E-state index contributed by atoms with van der Waals surface area (Å²) in [5.74, 6) is -0.496. The number of para-hydroxylation sites is 1. The molecule has 0 aliphatic heterocycles. The molecule has 0 radical (unpaired) electrons. The van der Waals surface area contributed by atoms with Crippen LogP contribution in [-0.2, 0) is 11.2 Å². The van der Waals surface area contributed by atoms with E-state index in [0.29, 0.717) is 22.3 Å². The van der Waals surface area contributed by atoms with Gasteiger partial charge in [0, 0.05) is 23.1 Å². The summed E-state index contributed by atoms with van der Waals surface area (Å²) in [6, 6.07) is 15.3. The molecule has 0 spiro atoms. The van der Waals surface area contributed by atoms with E-state index in [-0.39, 0.29) is 12.1 Å². The second-order valence-electron chi connectivity index (χ2n) is 7.91. The van der Waals surface area contributed by atoms with Crippen LogP contribution in [-0.4, -0.2) is 21.8 Å². The van der Waals surface area contributed by atoms with E-state index in [2.05, 4.69) is 39.8 Å². The minimum Gasteiger partial charge on any atom is -0.761 e. The van der Waals surface area contributed by atoms with Crippen LogP contribution in [0.1, 0.15) is 49.1 Å². The van der Waals surface area contributed by atoms with Crippen molar-refractivity contribution in [2.45, 2.75) is 44.4 Å². The second-order valence-corrected chi connectivity index (χ2v) is 8.76. The molecule has 2 aromatic carbocycles. The van der Waals surface area contributed by atoms with Gasteiger partial charge in [-0.05, 0) is 36.0 Å². The Morgan fingerprint density at radius 2 is 1.88 bits per heavy atom. The lowest BCUT2D eigenvalue weighted by Gasteiger charge is -2.22. The van der Waals surface area contributed by atoms with Crippen molar-refractivity contribution in [3.8, 4) is 11.3 Å². The summed E-state index contributed by atoms with van der Waals surface area (Å²) in [5.41, 5.74) is 8.60. The summed E-state index contributed by atoms with van der Waals surface area (Å²) >= 11 is 1.36. The first-order valence-electron chi connectivity index (χ1n) is 10.7. The summed E-state index contributed by atoms with van der Waals surface area (Å²) < 4.78 is 0. The summed E-state index contributed by atoms with van der Waals surface area (Å²) in [4.78, 5) is 16.2. The number of rotatable bonds is 8. The largest absolute Gasteiger partial charge is 0.761 e. The highest BCUT2D eigenvalue weighted by atomic mass is 32.1. The maximum absolute atomic E-state index is 11.6. The molecular weight excluding hydrogens is 424 g/mol. The Labute approximate surface area is 190 Å². The minimum absolute atomic E-state index is 0.00854. The number of hydrazone groups is 1. The lowest BCUT2D eigenvalue weighted by atomic mass is 9.84. The van der Waals surface area contributed by atoms with E-state index in [4.69, 9.17) is 0 Å². The van der Waals surface area contributed by atoms with Crippen molar-refractivity contribution in [3.05, 3.63) is 70.2 Å². The first-order valence-corrected chi connectivity index (χ1v) is 11.6. The van der Waals surface area contributed by atoms with Crippen molar-refractivity contribution < 1.29 is 9.90 Å². The van der Waals surface area contributed by atoms with E-state index >= 15 is 0 Å². The van der Waals surface area contributed by atoms with Gasteiger partial charge in [-0.25, -0.2) is 9.78 Å². The third-order valence-electron chi connectivity index (χ3n) is 5.81. The fourth-order valence-electron chi connectivity index (χ4n) is 4.05. The Bertz CT molecular complexity index is 1090. The highest BCUT2D eigenvalue weighted by Crippen LogP contribution is 2.34. The molecule has 1 heterocycles. The highest BCUT2D eigenvalue weighted by molar-refractivity contribution is 7.14. The van der Waals surface area contributed by atoms with Crippen LogP contribution in [0.2, 0.25) is 0 Å². The quantitative estimate of drug-likeness (QED) is 0.293. The molecule has 4 rings (SSSR count). The molecule has 3 N–H and O–H groups in total. The molecule has 7 nitrogen and oxygen atoms in total. The molecule has 1 aliphatic rings. The molecule has 0 atom stereocenters. The maximum Gasteiger partial charge on any atom is 0.352 e. The standard InChI is InChI=1S/C24H25N4O3S/c29-23(30)21(14-19-8-4-5-9-20(19)28-31)26-27-24-25-22(15-32-24)18-12-10-17(11-13-18)16-6-2-1-3-7-16/h4-5,8-13,15-16,28H,1-3,6-7,14H2,(H,25,27)(H,29,30)/q-1/b26-21+. The van der Waals surface area contributed by atoms with Crippen LogP contribution in [0, 0.1) is 5.21 Å². The molecule has 0 bridgehead atoms. The van der Waals surface area contributed by atoms with E-state index < -0.39 is 5.97 Å². The van der Waals surface area contributed by atoms with Gasteiger partial charge in [0.25, 0.3) is 0 Å². The van der Waals surface area contributed by atoms with Gasteiger partial charge in [-0.15, -0.1) is 11.3 Å². The summed E-state index contributed by atoms with van der Waals surface area (Å²) in [5, 5.41) is 27.0. The predicted octanol–water partition coefficient (Wildman–Crippen LogP) is 5.86. The molecule has 8 heteroatoms. The van der Waals surface area contributed by atoms with Gasteiger partial charge in [0.1, 0.15) is 5.71 Å². The molecule has 1 aliphatic carbocycles. The SMILES string of the molecule is O=C(O)/C(Cc1ccccc1N[O-])=N/Nc1nc(-c2ccc(C3CCCCC3)cc2)cs1. The van der Waals surface area contributed by atoms with Crippen LogP contribution in [0.3, 0.4) is 0 Å². The van der Waals surface area contributed by atoms with Gasteiger partial charge in [0.2, 0.25) is 5.13 Å². The molecule has 0 unspecified atom stereocenters. The normalized spacial score (nSPS) is 14.8. The average Bonchev–Trinajstić information content (AvgIpc) is 3.31. The Balaban J connectivity index is 1.44. The van der Waals surface area contributed by atoms with E-state index in [9.17, 15) is 15.1 Å². The van der Waals surface area contributed by atoms with E-state index in [1.807, 2.05) is 10.9 Å². The first kappa shape index (κ1) is 22.0. The van der Waals surface area contributed by atoms with Crippen molar-refractivity contribution in [2.24, 2.45) is 5.10 Å². The van der Waals surface area contributed by atoms with Gasteiger partial charge >= 0.3 is 5.97 Å². The van der Waals surface area contributed by atoms with Crippen molar-refractivity contribution >= 4 is 33.8 Å². The number of carboxylic acid groups (broad SMARTS) is 1. The molecule has 1 aromatic heterocycles. The van der Waals surface area contributed by atoms with Gasteiger partial charge in [-0.1, -0.05) is 61.7 Å². The third kappa shape index (κ3) is 5.33. The molecule has 1 fully saturated rings. The third-order valence-corrected chi connectivity index (χ3v) is 6.55. The summed E-state index contributed by atoms with van der Waals surface area (Å²) in [6.45, 7) is 0. The first-order chi connectivity index (χ1) is 15.6. The average molecular weight is 450 g/mol. The zero-order valence-corrected chi connectivity index (χ0v) is 18.4. The van der Waals surface area contributed by atoms with Crippen LogP contribution >= 0.6 is 11.3 Å². The molecule has 3 aromatic rings. The zero-order valence-electron chi connectivity index (χ0n) is 17.6. The number of nitrogens with one attached hydrogen (secondary N) is 2. The van der Waals surface area contributed by atoms with Crippen LogP contribution < -0.4 is 10.9 Å². The Morgan fingerprint density at radius 1 is 1.12 bits per heavy atom. The van der Waals surface area contributed by atoms with Crippen LogP contribution in [0.4, 0.5) is 10.8 Å². The van der Waals surface area contributed by atoms with Crippen LogP contribution in [0.25, 0.3) is 11.3 Å². The molecule has 0 amide bonds. The van der Waals surface area contributed by atoms with E-state index in [0.717, 1.165) is 11.3 Å². The smallest absolute Gasteiger partial charge is 0.352 e. The van der Waals surface area contributed by atoms with Gasteiger partial charge in [0.05, 0.1) is 5.69 Å². The number of nitrogens with zero attached hydrogens (tertiary/aromatic N) is 2. The van der Waals surface area contributed by atoms with E-state index in [1.54, 1.807) is 24.3 Å². The monoisotopic (exact) mass is 449 g/mol. The second kappa shape index (κ2) is 10.4. The molecule has 166 valence electrons. The van der Waals surface area contributed by atoms with Gasteiger partial charge in [-0.2, -0.15) is 5.10 Å². The zero-order chi connectivity index (χ0) is 22.3. The Kier molecular flexibility index (Phi) is 7.14. The number of carbonyl (C=O) groups is 1. The number of carboxylic acids is 1. The number of aliphatic carboxylic acids is 1. The minimum atomic E-state index is -1.16.